The fourth-order valence-electron chi connectivity index (χ4n) is 7.81. The Labute approximate surface area is 654 Å². The van der Waals surface area contributed by atoms with Gasteiger partial charge in [0.25, 0.3) is 9.28 Å². The molecule has 0 heterocycles. The van der Waals surface area contributed by atoms with Crippen LogP contribution in [0.15, 0.2) is 25.0 Å². The van der Waals surface area contributed by atoms with Crippen LogP contribution in [0, 0.1) is 0 Å². The second-order valence-corrected chi connectivity index (χ2v) is 46.7. The number of hydrogen-bond acceptors (Lipinski definition) is 30. The van der Waals surface area contributed by atoms with E-state index in [1.54, 1.807) is 33.7 Å². The topological polar surface area (TPSA) is 277 Å². The fraction of sp³-hybridized carbons (Fsp3) is 0.944. The zero-order chi connectivity index (χ0) is 79.7. The summed E-state index contributed by atoms with van der Waals surface area (Å²) in [7, 11) is -2.24. The van der Waals surface area contributed by atoms with Gasteiger partial charge in [0.15, 0.2) is 33.3 Å². The number of rotatable bonds is 85. The van der Waals surface area contributed by atoms with Gasteiger partial charge in [-0.1, -0.05) is 19.1 Å². The number of hydrogen-bond donors (Lipinski definition) is 0. The summed E-state index contributed by atoms with van der Waals surface area (Å²) in [4.78, 5) is 0. The lowest BCUT2D eigenvalue weighted by atomic mass is 10.5. The molecule has 0 rings (SSSR count). The predicted octanol–water partition coefficient (Wildman–Crippen LogP) is 8.00. The molecule has 30 nitrogen and oxygen atoms in total. The molecule has 35 heteroatoms. The van der Waals surface area contributed by atoms with Crippen molar-refractivity contribution in [2.24, 2.45) is 0 Å². The molecule has 0 N–H and O–H groups in total. The smallest absolute Gasteiger partial charge is 0.297 e. The molecular weight excluding hydrogens is 1490 g/mol. The molecule has 0 saturated heterocycles. The summed E-state index contributed by atoms with van der Waals surface area (Å²) in [5.74, 6) is 0. The van der Waals surface area contributed by atoms with Crippen LogP contribution in [-0.2, 0) is 140 Å². The second-order valence-electron chi connectivity index (χ2n) is 26.3. The van der Waals surface area contributed by atoms with Gasteiger partial charge in [-0.3, -0.25) is 0 Å². The van der Waals surface area contributed by atoms with Crippen LogP contribution in [0.1, 0.15) is 13.3 Å². The van der Waals surface area contributed by atoms with E-state index in [4.69, 9.17) is 140 Å². The molecule has 107 heavy (non-hydrogen) atoms. The van der Waals surface area contributed by atoms with Crippen molar-refractivity contribution in [1.29, 1.82) is 0 Å². The molecule has 0 aromatic carbocycles. The number of methoxy groups -OCH3 is 3. The van der Waals surface area contributed by atoms with Crippen molar-refractivity contribution < 1.29 is 140 Å². The normalized spacial score (nSPS) is 12.0. The Bertz CT molecular complexity index is 1650. The Morgan fingerprint density at radius 2 is 0.439 bits per heavy atom. The first-order valence-electron chi connectivity index (χ1n) is 38.4. The molecule has 646 valence electrons. The number of allylic oxidation sites excluding steroid dienone is 1. The molecule has 0 bridgehead atoms. The minimum Gasteiger partial charge on any atom is -0.499 e. The van der Waals surface area contributed by atoms with Crippen molar-refractivity contribution in [3.8, 4) is 0 Å². The zero-order valence-corrected chi connectivity index (χ0v) is 75.2. The third-order valence-corrected chi connectivity index (χ3v) is 26.3. The van der Waals surface area contributed by atoms with Crippen LogP contribution in [0.4, 0.5) is 0 Å². The van der Waals surface area contributed by atoms with E-state index >= 15 is 0 Å². The Morgan fingerprint density at radius 3 is 0.617 bits per heavy atom. The Kier molecular flexibility index (Phi) is 97.2. The summed E-state index contributed by atoms with van der Waals surface area (Å²) in [6.45, 7) is 60.2. The van der Waals surface area contributed by atoms with E-state index in [0.29, 0.717) is 324 Å². The van der Waals surface area contributed by atoms with Crippen LogP contribution in [0.5, 0.6) is 0 Å². The summed E-state index contributed by atoms with van der Waals surface area (Å²) in [6, 6.07) is 0.956. The van der Waals surface area contributed by atoms with Crippen molar-refractivity contribution in [3.63, 3.8) is 0 Å². The van der Waals surface area contributed by atoms with Gasteiger partial charge in [0.1, 0.15) is 6.61 Å². The van der Waals surface area contributed by atoms with Crippen molar-refractivity contribution in [2.75, 3.05) is 352 Å². The first kappa shape index (κ1) is 113. The molecule has 0 fully saturated rings. The Hall–Kier alpha value is -0.796. The van der Waals surface area contributed by atoms with Gasteiger partial charge < -0.3 is 140 Å². The molecule has 0 atom stereocenters. The van der Waals surface area contributed by atoms with Gasteiger partial charge >= 0.3 is 0 Å². The van der Waals surface area contributed by atoms with Crippen LogP contribution in [0.2, 0.25) is 84.6 Å². The minimum absolute atomic E-state index is 0.528. The van der Waals surface area contributed by atoms with E-state index in [1.165, 1.54) is 0 Å². The van der Waals surface area contributed by atoms with Gasteiger partial charge in [-0.15, -0.1) is 6.58 Å². The first-order valence-corrected chi connectivity index (χ1v) is 53.8. The summed E-state index contributed by atoms with van der Waals surface area (Å²) < 4.78 is 162. The summed E-state index contributed by atoms with van der Waals surface area (Å²) >= 11 is 0. The van der Waals surface area contributed by atoms with Gasteiger partial charge in [0, 0.05) is 27.9 Å². The highest BCUT2D eigenvalue weighted by molar-refractivity contribution is 6.84. The SMILES string of the molecule is C=CCOCCOCCOCCOCCOCCOCCOCCOCCOC.CCCOCCOCCOCCOCCOCCOCCOCCOCCOC.COCCOCCOCCOCCOCCOCCOCCOCCO/C=C/C[Si](C)(C)O[Si](C)(C)C.C[SiH](O[Si](C)(C)C)O[Si](C)(C)C. The first-order chi connectivity index (χ1) is 51.7. The average molecular weight is 1640 g/mol. The molecule has 0 saturated carbocycles. The van der Waals surface area contributed by atoms with Crippen molar-refractivity contribution in [2.45, 2.75) is 98.0 Å². The van der Waals surface area contributed by atoms with Crippen LogP contribution < -0.4 is 0 Å². The maximum Gasteiger partial charge on any atom is 0.297 e. The lowest BCUT2D eigenvalue weighted by molar-refractivity contribution is -0.0242. The van der Waals surface area contributed by atoms with Crippen molar-refractivity contribution in [1.82, 2.24) is 0 Å². The summed E-state index contributed by atoms with van der Waals surface area (Å²) in [5.41, 5.74) is 0. The van der Waals surface area contributed by atoms with Crippen LogP contribution >= 0.6 is 0 Å². The molecule has 0 amide bonds. The molecule has 0 radical (unpaired) electrons. The van der Waals surface area contributed by atoms with Gasteiger partial charge in [-0.05, 0) is 91.0 Å². The Morgan fingerprint density at radius 1 is 0.252 bits per heavy atom. The molecule has 0 aliphatic rings. The van der Waals surface area contributed by atoms with Crippen LogP contribution in [-0.4, -0.2) is 394 Å². The molecule has 0 aliphatic heterocycles. The van der Waals surface area contributed by atoms with E-state index in [2.05, 4.69) is 98.1 Å². The third kappa shape index (κ3) is 119. The lowest BCUT2D eigenvalue weighted by Crippen LogP contribution is -2.41. The second kappa shape index (κ2) is 92.4. The molecule has 0 spiro atoms. The standard InChI is InChI=1S/C25H54O10Si2.C20H42O9.C20H40O9.C7H22O2Si3/c1-26-9-10-28-13-14-30-17-18-32-21-22-34-24-23-33-20-19-31-16-15-29-12-11-27-8-7-25-37(5,6)35-36(2,3)4;2*1-3-4-22-7-8-24-11-12-26-15-16-28-19-20-29-18-17-27-14-13-25-10-9-23-6-5-21-2;1-10(8-11(2,3)4)9-12(5,6)7/h7-8H,9-25H2,1-6H3;3-20H2,1-2H3;3H,1,4-20H2,2H3;10H,1-7H3/b8-7+;;;. The van der Waals surface area contributed by atoms with E-state index in [0.717, 1.165) is 19.1 Å². The van der Waals surface area contributed by atoms with Gasteiger partial charge in [0.05, 0.1) is 323 Å². The molecular formula is C72H158O30Si5. The lowest BCUT2D eigenvalue weighted by Gasteiger charge is -2.30. The number of ether oxygens (including phenoxy) is 27. The molecule has 0 unspecified atom stereocenters. The highest BCUT2D eigenvalue weighted by atomic mass is 28.4. The van der Waals surface area contributed by atoms with Crippen molar-refractivity contribution in [3.05, 3.63) is 25.0 Å². The largest absolute Gasteiger partial charge is 0.499 e. The van der Waals surface area contributed by atoms with Crippen LogP contribution in [0.25, 0.3) is 0 Å². The zero-order valence-electron chi connectivity index (χ0n) is 70.0. The van der Waals surface area contributed by atoms with E-state index in [-0.39, 0.29) is 0 Å². The monoisotopic (exact) mass is 1640 g/mol. The maximum atomic E-state index is 6.29. The van der Waals surface area contributed by atoms with Crippen LogP contribution in [0.3, 0.4) is 0 Å². The predicted molar refractivity (Wildman–Crippen MR) is 429 cm³/mol. The summed E-state index contributed by atoms with van der Waals surface area (Å²) in [6.07, 6.45) is 6.57. The van der Waals surface area contributed by atoms with Crippen molar-refractivity contribution >= 4 is 42.6 Å². The quantitative estimate of drug-likeness (QED) is 0.0241. The van der Waals surface area contributed by atoms with E-state index < -0.39 is 42.6 Å². The summed E-state index contributed by atoms with van der Waals surface area (Å²) in [5, 5.41) is 0. The molecule has 0 aromatic rings. The Balaban J connectivity index is -0.000000694. The molecule has 0 aromatic heterocycles. The van der Waals surface area contributed by atoms with E-state index in [9.17, 15) is 0 Å². The highest BCUT2D eigenvalue weighted by Gasteiger charge is 2.28. The highest BCUT2D eigenvalue weighted by Crippen LogP contribution is 2.18. The fourth-order valence-corrected chi connectivity index (χ4v) is 24.0. The molecule has 0 aliphatic carbocycles. The minimum atomic E-state index is -1.64. The van der Waals surface area contributed by atoms with Gasteiger partial charge in [-0.25, -0.2) is 0 Å². The third-order valence-electron chi connectivity index (χ3n) is 12.1. The van der Waals surface area contributed by atoms with E-state index in [1.807, 2.05) is 0 Å². The maximum absolute atomic E-state index is 6.29. The van der Waals surface area contributed by atoms with Gasteiger partial charge in [-0.2, -0.15) is 0 Å². The van der Waals surface area contributed by atoms with Gasteiger partial charge in [0.2, 0.25) is 0 Å². The average Bonchev–Trinajstić information content (AvgIpc) is 0.889.